The molecule has 1 aromatic carbocycles. The molecule has 26 heavy (non-hydrogen) atoms. The average Bonchev–Trinajstić information content (AvgIpc) is 3.21. The summed E-state index contributed by atoms with van der Waals surface area (Å²) in [5.74, 6) is 0.168. The standard InChI is InChI=1S/C20H25N3O2S/c24-19(21-10-4-8-17-6-2-1-3-7-17)16-22-11-13-23(14-12-22)20(25)18-9-5-15-26-18/h1-3,5-7,9,15H,4,8,10-14,16H2,(H,21,24). The van der Waals surface area contributed by atoms with Crippen LogP contribution in [0.5, 0.6) is 0 Å². The first-order chi connectivity index (χ1) is 12.7. The molecule has 6 heteroatoms. The molecule has 0 saturated carbocycles. The van der Waals surface area contributed by atoms with Crippen molar-refractivity contribution >= 4 is 23.2 Å². The van der Waals surface area contributed by atoms with Gasteiger partial charge in [0.05, 0.1) is 11.4 Å². The molecule has 5 nitrogen and oxygen atoms in total. The van der Waals surface area contributed by atoms with Crippen LogP contribution in [0.1, 0.15) is 21.7 Å². The zero-order valence-corrected chi connectivity index (χ0v) is 15.7. The van der Waals surface area contributed by atoms with Crippen molar-refractivity contribution in [3.63, 3.8) is 0 Å². The first kappa shape index (κ1) is 18.6. The Morgan fingerprint density at radius 1 is 1.00 bits per heavy atom. The van der Waals surface area contributed by atoms with Crippen molar-refractivity contribution in [3.8, 4) is 0 Å². The minimum Gasteiger partial charge on any atom is -0.355 e. The largest absolute Gasteiger partial charge is 0.355 e. The first-order valence-electron chi connectivity index (χ1n) is 9.08. The topological polar surface area (TPSA) is 52.7 Å². The number of amides is 2. The fourth-order valence-electron chi connectivity index (χ4n) is 3.09. The maximum Gasteiger partial charge on any atom is 0.264 e. The fraction of sp³-hybridized carbons (Fsp3) is 0.400. The van der Waals surface area contributed by atoms with E-state index in [1.54, 1.807) is 0 Å². The molecule has 0 unspecified atom stereocenters. The van der Waals surface area contributed by atoms with E-state index in [1.807, 2.05) is 40.6 Å². The average molecular weight is 372 g/mol. The van der Waals surface area contributed by atoms with E-state index in [1.165, 1.54) is 16.9 Å². The number of rotatable bonds is 7. The van der Waals surface area contributed by atoms with Crippen LogP contribution < -0.4 is 5.32 Å². The van der Waals surface area contributed by atoms with Crippen LogP contribution >= 0.6 is 11.3 Å². The van der Waals surface area contributed by atoms with Crippen molar-refractivity contribution in [3.05, 3.63) is 58.3 Å². The number of hydrogen-bond donors (Lipinski definition) is 1. The Morgan fingerprint density at radius 3 is 2.46 bits per heavy atom. The lowest BCUT2D eigenvalue weighted by molar-refractivity contribution is -0.122. The molecule has 0 atom stereocenters. The van der Waals surface area contributed by atoms with Gasteiger partial charge < -0.3 is 10.2 Å². The lowest BCUT2D eigenvalue weighted by Crippen LogP contribution is -2.51. The molecule has 2 amide bonds. The number of aryl methyl sites for hydroxylation is 1. The highest BCUT2D eigenvalue weighted by Crippen LogP contribution is 2.13. The van der Waals surface area contributed by atoms with Crippen LogP contribution in [0.2, 0.25) is 0 Å². The molecule has 138 valence electrons. The van der Waals surface area contributed by atoms with E-state index in [0.717, 1.165) is 30.8 Å². The summed E-state index contributed by atoms with van der Waals surface area (Å²) in [4.78, 5) is 29.2. The van der Waals surface area contributed by atoms with Crippen molar-refractivity contribution in [1.82, 2.24) is 15.1 Å². The third kappa shape index (κ3) is 5.41. The second-order valence-corrected chi connectivity index (χ2v) is 7.43. The summed E-state index contributed by atoms with van der Waals surface area (Å²) in [6.45, 7) is 3.95. The van der Waals surface area contributed by atoms with Gasteiger partial charge in [0.2, 0.25) is 5.91 Å². The van der Waals surface area contributed by atoms with Crippen molar-refractivity contribution in [2.45, 2.75) is 12.8 Å². The Morgan fingerprint density at radius 2 is 1.77 bits per heavy atom. The molecule has 1 N–H and O–H groups in total. The predicted octanol–water partition coefficient (Wildman–Crippen LogP) is 2.25. The number of hydrogen-bond acceptors (Lipinski definition) is 4. The molecule has 2 aromatic rings. The van der Waals surface area contributed by atoms with E-state index < -0.39 is 0 Å². The summed E-state index contributed by atoms with van der Waals surface area (Å²) in [5, 5.41) is 4.92. The summed E-state index contributed by atoms with van der Waals surface area (Å²) in [7, 11) is 0. The van der Waals surface area contributed by atoms with E-state index in [4.69, 9.17) is 0 Å². The Balaban J connectivity index is 1.31. The minimum atomic E-state index is 0.0658. The monoisotopic (exact) mass is 371 g/mol. The van der Waals surface area contributed by atoms with Crippen LogP contribution in [-0.2, 0) is 11.2 Å². The van der Waals surface area contributed by atoms with Gasteiger partial charge in [-0.3, -0.25) is 14.5 Å². The van der Waals surface area contributed by atoms with Crippen LogP contribution in [0.3, 0.4) is 0 Å². The number of nitrogens with one attached hydrogen (secondary N) is 1. The highest BCUT2D eigenvalue weighted by Gasteiger charge is 2.23. The normalized spacial score (nSPS) is 15.0. The van der Waals surface area contributed by atoms with Gasteiger partial charge in [0.15, 0.2) is 0 Å². The van der Waals surface area contributed by atoms with E-state index in [0.29, 0.717) is 26.2 Å². The van der Waals surface area contributed by atoms with Crippen molar-refractivity contribution in [1.29, 1.82) is 0 Å². The predicted molar refractivity (Wildman–Crippen MR) is 104 cm³/mol. The molecule has 1 aliphatic heterocycles. The number of nitrogens with zero attached hydrogens (tertiary/aromatic N) is 2. The number of carbonyl (C=O) groups excluding carboxylic acids is 2. The SMILES string of the molecule is O=C(CN1CCN(C(=O)c2cccs2)CC1)NCCCc1ccccc1. The quantitative estimate of drug-likeness (QED) is 0.760. The van der Waals surface area contributed by atoms with Gasteiger partial charge in [-0.15, -0.1) is 11.3 Å². The zero-order valence-electron chi connectivity index (χ0n) is 14.9. The van der Waals surface area contributed by atoms with Crippen molar-refractivity contribution < 1.29 is 9.59 Å². The maximum atomic E-state index is 12.3. The molecule has 1 aliphatic rings. The summed E-state index contributed by atoms with van der Waals surface area (Å²) in [5.41, 5.74) is 1.30. The molecule has 0 radical (unpaired) electrons. The molecule has 0 spiro atoms. The van der Waals surface area contributed by atoms with E-state index in [9.17, 15) is 9.59 Å². The molecule has 1 fully saturated rings. The van der Waals surface area contributed by atoms with Gasteiger partial charge in [-0.05, 0) is 29.9 Å². The van der Waals surface area contributed by atoms with Gasteiger partial charge in [-0.2, -0.15) is 0 Å². The number of piperazine rings is 1. The van der Waals surface area contributed by atoms with E-state index in [-0.39, 0.29) is 11.8 Å². The number of carbonyl (C=O) groups is 2. The van der Waals surface area contributed by atoms with Crippen molar-refractivity contribution in [2.75, 3.05) is 39.3 Å². The number of benzene rings is 1. The van der Waals surface area contributed by atoms with Gasteiger partial charge in [0, 0.05) is 32.7 Å². The van der Waals surface area contributed by atoms with Crippen LogP contribution in [0.25, 0.3) is 0 Å². The third-order valence-electron chi connectivity index (χ3n) is 4.57. The lowest BCUT2D eigenvalue weighted by Gasteiger charge is -2.34. The van der Waals surface area contributed by atoms with Gasteiger partial charge in [0.1, 0.15) is 0 Å². The van der Waals surface area contributed by atoms with Crippen LogP contribution in [0.15, 0.2) is 47.8 Å². The Hall–Kier alpha value is -2.18. The molecule has 2 heterocycles. The molecule has 3 rings (SSSR count). The third-order valence-corrected chi connectivity index (χ3v) is 5.42. The maximum absolute atomic E-state index is 12.3. The van der Waals surface area contributed by atoms with E-state index >= 15 is 0 Å². The Labute approximate surface area is 158 Å². The molecular weight excluding hydrogens is 346 g/mol. The molecule has 0 bridgehead atoms. The second-order valence-electron chi connectivity index (χ2n) is 6.48. The fourth-order valence-corrected chi connectivity index (χ4v) is 3.78. The highest BCUT2D eigenvalue weighted by atomic mass is 32.1. The zero-order chi connectivity index (χ0) is 18.2. The van der Waals surface area contributed by atoms with E-state index in [2.05, 4.69) is 22.3 Å². The highest BCUT2D eigenvalue weighted by molar-refractivity contribution is 7.12. The van der Waals surface area contributed by atoms with Crippen LogP contribution in [-0.4, -0.2) is 60.9 Å². The van der Waals surface area contributed by atoms with Gasteiger partial charge >= 0.3 is 0 Å². The second kappa shape index (κ2) is 9.50. The number of thiophene rings is 1. The van der Waals surface area contributed by atoms with Crippen LogP contribution in [0.4, 0.5) is 0 Å². The van der Waals surface area contributed by atoms with Gasteiger partial charge in [-0.1, -0.05) is 36.4 Å². The smallest absolute Gasteiger partial charge is 0.264 e. The van der Waals surface area contributed by atoms with Crippen molar-refractivity contribution in [2.24, 2.45) is 0 Å². The summed E-state index contributed by atoms with van der Waals surface area (Å²) in [6.07, 6.45) is 1.92. The first-order valence-corrected chi connectivity index (χ1v) is 9.96. The molecule has 1 saturated heterocycles. The summed E-state index contributed by atoms with van der Waals surface area (Å²) >= 11 is 1.48. The Kier molecular flexibility index (Phi) is 6.80. The summed E-state index contributed by atoms with van der Waals surface area (Å²) < 4.78 is 0. The van der Waals surface area contributed by atoms with Crippen LogP contribution in [0, 0.1) is 0 Å². The minimum absolute atomic E-state index is 0.0658. The Bertz CT molecular complexity index is 695. The molecule has 1 aromatic heterocycles. The lowest BCUT2D eigenvalue weighted by atomic mass is 10.1. The van der Waals surface area contributed by atoms with Gasteiger partial charge in [0.25, 0.3) is 5.91 Å². The van der Waals surface area contributed by atoms with Gasteiger partial charge in [-0.25, -0.2) is 0 Å². The molecule has 0 aliphatic carbocycles. The molecular formula is C20H25N3O2S. The summed E-state index contributed by atoms with van der Waals surface area (Å²) in [6, 6.07) is 14.1.